The van der Waals surface area contributed by atoms with Crippen molar-refractivity contribution in [1.29, 1.82) is 0 Å². The minimum absolute atomic E-state index is 0.139. The second kappa shape index (κ2) is 6.45. The zero-order valence-corrected chi connectivity index (χ0v) is 15.1. The van der Waals surface area contributed by atoms with Crippen LogP contribution >= 0.6 is 0 Å². The topological polar surface area (TPSA) is 47.4 Å². The van der Waals surface area contributed by atoms with Crippen LogP contribution in [0.15, 0.2) is 30.5 Å². The predicted molar refractivity (Wildman–Crippen MR) is 97.2 cm³/mol. The fourth-order valence-electron chi connectivity index (χ4n) is 4.96. The van der Waals surface area contributed by atoms with Crippen molar-refractivity contribution in [3.8, 4) is 0 Å². The molecule has 2 aliphatic carbocycles. The molecule has 0 bridgehead atoms. The minimum Gasteiger partial charge on any atom is -0.378 e. The van der Waals surface area contributed by atoms with Gasteiger partial charge < -0.3 is 9.64 Å². The van der Waals surface area contributed by atoms with E-state index in [1.54, 1.807) is 0 Å². The molecule has 25 heavy (non-hydrogen) atoms. The Morgan fingerprint density at radius 2 is 2.12 bits per heavy atom. The highest BCUT2D eigenvalue weighted by Gasteiger charge is 2.58. The number of benzene rings is 1. The molecule has 2 aromatic rings. The maximum Gasteiger partial charge on any atom is 0.244 e. The van der Waals surface area contributed by atoms with E-state index in [2.05, 4.69) is 12.0 Å². The third-order valence-electron chi connectivity index (χ3n) is 6.34. The Kier molecular flexibility index (Phi) is 4.28. The Balaban J connectivity index is 1.49. The average molecular weight is 341 g/mol. The maximum absolute atomic E-state index is 12.9. The maximum atomic E-state index is 12.9. The molecule has 4 rings (SSSR count). The number of nitrogens with zero attached hydrogens (tertiary/aromatic N) is 3. The molecule has 2 saturated carbocycles. The van der Waals surface area contributed by atoms with Crippen LogP contribution in [0.4, 0.5) is 0 Å². The molecule has 2 fully saturated rings. The summed E-state index contributed by atoms with van der Waals surface area (Å²) in [6.07, 6.45) is 8.00. The molecule has 0 aliphatic heterocycles. The first kappa shape index (κ1) is 16.6. The van der Waals surface area contributed by atoms with Gasteiger partial charge in [0, 0.05) is 30.5 Å². The number of ether oxygens (including phenoxy) is 1. The van der Waals surface area contributed by atoms with Crippen molar-refractivity contribution in [1.82, 2.24) is 14.7 Å². The van der Waals surface area contributed by atoms with Crippen LogP contribution < -0.4 is 0 Å². The molecule has 134 valence electrons. The van der Waals surface area contributed by atoms with E-state index >= 15 is 0 Å². The molecule has 1 aromatic heterocycles. The van der Waals surface area contributed by atoms with Crippen molar-refractivity contribution < 1.29 is 9.53 Å². The Hall–Kier alpha value is -1.88. The quantitative estimate of drug-likeness (QED) is 0.839. The number of carbonyl (C=O) groups is 1. The molecule has 0 N–H and O–H groups in total. The van der Waals surface area contributed by atoms with Crippen LogP contribution in [0.25, 0.3) is 10.9 Å². The van der Waals surface area contributed by atoms with Crippen LogP contribution in [0, 0.1) is 5.41 Å². The molecule has 2 aliphatic rings. The summed E-state index contributed by atoms with van der Waals surface area (Å²) in [6.45, 7) is 3.12. The third-order valence-corrected chi connectivity index (χ3v) is 6.34. The van der Waals surface area contributed by atoms with Crippen molar-refractivity contribution in [3.05, 3.63) is 30.5 Å². The summed E-state index contributed by atoms with van der Waals surface area (Å²) in [7, 11) is 1.96. The van der Waals surface area contributed by atoms with Gasteiger partial charge in [0.05, 0.1) is 17.8 Å². The standard InChI is InChI=1S/C20H27N3O2/c1-3-25-18-12-17(20(18)10-6-7-11-20)22(2)19(24)14-23-16-9-5-4-8-15(16)13-21-23/h4-5,8-9,13,17-18H,3,6-7,10-12,14H2,1-2H3/t17-,18-/m1/s1. The number of hydrogen-bond acceptors (Lipinski definition) is 3. The van der Waals surface area contributed by atoms with Crippen LogP contribution in [0.1, 0.15) is 39.0 Å². The summed E-state index contributed by atoms with van der Waals surface area (Å²) in [5.74, 6) is 0.139. The molecule has 0 radical (unpaired) electrons. The van der Waals surface area contributed by atoms with Gasteiger partial charge in [-0.2, -0.15) is 5.10 Å². The fourth-order valence-corrected chi connectivity index (χ4v) is 4.96. The minimum atomic E-state index is 0.139. The van der Waals surface area contributed by atoms with Gasteiger partial charge in [-0.25, -0.2) is 0 Å². The smallest absolute Gasteiger partial charge is 0.244 e. The number of fused-ring (bicyclic) bond motifs is 1. The van der Waals surface area contributed by atoms with E-state index in [1.165, 1.54) is 25.7 Å². The Morgan fingerprint density at radius 3 is 2.88 bits per heavy atom. The number of likely N-dealkylation sites (N-methyl/N-ethyl adjacent to an activating group) is 1. The molecular formula is C20H27N3O2. The lowest BCUT2D eigenvalue weighted by molar-refractivity contribution is -0.172. The summed E-state index contributed by atoms with van der Waals surface area (Å²) in [6, 6.07) is 8.33. The zero-order chi connectivity index (χ0) is 17.4. The Morgan fingerprint density at radius 1 is 1.36 bits per heavy atom. The Bertz CT molecular complexity index is 763. The van der Waals surface area contributed by atoms with Gasteiger partial charge in [0.15, 0.2) is 0 Å². The molecule has 1 heterocycles. The lowest BCUT2D eigenvalue weighted by Crippen LogP contribution is -2.64. The van der Waals surface area contributed by atoms with Crippen molar-refractivity contribution >= 4 is 16.8 Å². The number of carbonyl (C=O) groups excluding carboxylic acids is 1. The summed E-state index contributed by atoms with van der Waals surface area (Å²) in [5, 5.41) is 5.47. The molecule has 5 nitrogen and oxygen atoms in total. The summed E-state index contributed by atoms with van der Waals surface area (Å²) in [4.78, 5) is 14.9. The fraction of sp³-hybridized carbons (Fsp3) is 0.600. The van der Waals surface area contributed by atoms with Crippen LogP contribution in [-0.4, -0.2) is 46.4 Å². The van der Waals surface area contributed by atoms with Gasteiger partial charge in [-0.15, -0.1) is 0 Å². The predicted octanol–water partition coefficient (Wildman–Crippen LogP) is 3.23. The van der Waals surface area contributed by atoms with Gasteiger partial charge in [-0.1, -0.05) is 31.0 Å². The van der Waals surface area contributed by atoms with Crippen LogP contribution in [-0.2, 0) is 16.1 Å². The van der Waals surface area contributed by atoms with Gasteiger partial charge in [0.1, 0.15) is 6.54 Å². The highest BCUT2D eigenvalue weighted by molar-refractivity contribution is 5.82. The molecule has 0 saturated heterocycles. The van der Waals surface area contributed by atoms with Crippen LogP contribution in [0.2, 0.25) is 0 Å². The second-order valence-electron chi connectivity index (χ2n) is 7.50. The first-order valence-corrected chi connectivity index (χ1v) is 9.43. The van der Waals surface area contributed by atoms with Crippen LogP contribution in [0.3, 0.4) is 0 Å². The molecule has 1 amide bonds. The molecule has 2 atom stereocenters. The van der Waals surface area contributed by atoms with E-state index < -0.39 is 0 Å². The molecule has 1 aromatic carbocycles. The summed E-state index contributed by atoms with van der Waals surface area (Å²) >= 11 is 0. The SMILES string of the molecule is CCO[C@@H]1C[C@@H](N(C)C(=O)Cn2ncc3ccccc32)C12CCCC2. The molecule has 1 spiro atoms. The normalized spacial score (nSPS) is 24.6. The van der Waals surface area contributed by atoms with Crippen molar-refractivity contribution in [2.75, 3.05) is 13.7 Å². The monoisotopic (exact) mass is 341 g/mol. The molecule has 5 heteroatoms. The van der Waals surface area contributed by atoms with Crippen LogP contribution in [0.5, 0.6) is 0 Å². The first-order chi connectivity index (χ1) is 12.2. The number of aromatic nitrogens is 2. The van der Waals surface area contributed by atoms with Crippen molar-refractivity contribution in [3.63, 3.8) is 0 Å². The first-order valence-electron chi connectivity index (χ1n) is 9.43. The highest BCUT2D eigenvalue weighted by Crippen LogP contribution is 2.56. The van der Waals surface area contributed by atoms with Crippen molar-refractivity contribution in [2.45, 2.75) is 57.7 Å². The number of hydrogen-bond donors (Lipinski definition) is 0. The number of rotatable bonds is 5. The Labute approximate surface area is 148 Å². The van der Waals surface area contributed by atoms with Gasteiger partial charge in [-0.3, -0.25) is 9.48 Å². The molecule has 0 unspecified atom stereocenters. The third kappa shape index (κ3) is 2.65. The molecular weight excluding hydrogens is 314 g/mol. The summed E-state index contributed by atoms with van der Waals surface area (Å²) in [5.41, 5.74) is 1.20. The second-order valence-corrected chi connectivity index (χ2v) is 7.50. The van der Waals surface area contributed by atoms with E-state index in [4.69, 9.17) is 4.74 Å². The van der Waals surface area contributed by atoms with E-state index in [9.17, 15) is 4.79 Å². The van der Waals surface area contributed by atoms with Gasteiger partial charge in [0.2, 0.25) is 5.91 Å². The highest BCUT2D eigenvalue weighted by atomic mass is 16.5. The van der Waals surface area contributed by atoms with E-state index in [0.29, 0.717) is 18.7 Å². The lowest BCUT2D eigenvalue weighted by atomic mass is 9.60. The largest absolute Gasteiger partial charge is 0.378 e. The summed E-state index contributed by atoms with van der Waals surface area (Å²) < 4.78 is 7.80. The van der Waals surface area contributed by atoms with E-state index in [0.717, 1.165) is 23.9 Å². The number of para-hydroxylation sites is 1. The van der Waals surface area contributed by atoms with E-state index in [-0.39, 0.29) is 11.3 Å². The average Bonchev–Trinajstić information content (AvgIpc) is 3.27. The van der Waals surface area contributed by atoms with Gasteiger partial charge >= 0.3 is 0 Å². The lowest BCUT2D eigenvalue weighted by Gasteiger charge is -2.57. The van der Waals surface area contributed by atoms with Gasteiger partial charge in [-0.05, 0) is 32.3 Å². The van der Waals surface area contributed by atoms with Gasteiger partial charge in [0.25, 0.3) is 0 Å². The zero-order valence-electron chi connectivity index (χ0n) is 15.1. The van der Waals surface area contributed by atoms with Crippen molar-refractivity contribution in [2.24, 2.45) is 5.41 Å². The number of amides is 1. The van der Waals surface area contributed by atoms with E-state index in [1.807, 2.05) is 47.1 Å².